The molecule has 0 saturated heterocycles. The fraction of sp³-hybridized carbons (Fsp3) is 0.280. The molecule has 4 heteroatoms. The number of hydrogen-bond acceptors (Lipinski definition) is 4. The lowest BCUT2D eigenvalue weighted by Crippen LogP contribution is -2.41. The van der Waals surface area contributed by atoms with Gasteiger partial charge in [0, 0.05) is 12.5 Å². The van der Waals surface area contributed by atoms with Gasteiger partial charge in [-0.25, -0.2) is 0 Å². The fourth-order valence-electron chi connectivity index (χ4n) is 3.79. The van der Waals surface area contributed by atoms with Crippen molar-refractivity contribution in [3.05, 3.63) is 102 Å². The molecule has 0 bridgehead atoms. The number of methoxy groups -OCH3 is 1. The Morgan fingerprint density at radius 3 is 2.17 bits per heavy atom. The van der Waals surface area contributed by atoms with Crippen molar-refractivity contribution >= 4 is 0 Å². The maximum atomic E-state index is 10.7. The van der Waals surface area contributed by atoms with Gasteiger partial charge in [0.05, 0.1) is 20.3 Å². The van der Waals surface area contributed by atoms with Crippen LogP contribution in [-0.2, 0) is 16.9 Å². The lowest BCUT2D eigenvalue weighted by Gasteiger charge is -2.40. The molecule has 2 N–H and O–H groups in total. The van der Waals surface area contributed by atoms with Gasteiger partial charge in [-0.05, 0) is 35.2 Å². The average molecular weight is 392 g/mol. The molecule has 2 atom stereocenters. The van der Waals surface area contributed by atoms with Crippen LogP contribution in [0.2, 0.25) is 0 Å². The van der Waals surface area contributed by atoms with E-state index in [1.54, 1.807) is 7.11 Å². The normalized spacial score (nSPS) is 14.2. The van der Waals surface area contributed by atoms with Gasteiger partial charge in [0.2, 0.25) is 0 Å². The summed E-state index contributed by atoms with van der Waals surface area (Å²) in [5.74, 6) is 0.453. The standard InChI is InChI=1S/C25H28O4/c1-28-23-14-8-13-22(17-23)25(19-27,29-18-20-9-4-2-5-10-20)24(15-16-26)21-11-6-3-7-12-21/h2-14,17,24,26-27H,15-16,18-19H2,1H3/t24-,25+/m0/s1. The van der Waals surface area contributed by atoms with Crippen molar-refractivity contribution in [2.24, 2.45) is 0 Å². The van der Waals surface area contributed by atoms with Gasteiger partial charge in [0.25, 0.3) is 0 Å². The molecule has 0 unspecified atom stereocenters. The number of rotatable bonds is 10. The van der Waals surface area contributed by atoms with Gasteiger partial charge in [-0.1, -0.05) is 72.8 Å². The van der Waals surface area contributed by atoms with E-state index in [4.69, 9.17) is 9.47 Å². The van der Waals surface area contributed by atoms with Crippen LogP contribution in [0.3, 0.4) is 0 Å². The molecule has 0 aliphatic rings. The van der Waals surface area contributed by atoms with Gasteiger partial charge in [-0.15, -0.1) is 0 Å². The zero-order chi connectivity index (χ0) is 20.5. The predicted molar refractivity (Wildman–Crippen MR) is 114 cm³/mol. The summed E-state index contributed by atoms with van der Waals surface area (Å²) in [4.78, 5) is 0. The molecule has 0 heterocycles. The lowest BCUT2D eigenvalue weighted by molar-refractivity contribution is -0.117. The van der Waals surface area contributed by atoms with E-state index in [-0.39, 0.29) is 19.1 Å². The van der Waals surface area contributed by atoms with Gasteiger partial charge in [0.1, 0.15) is 11.4 Å². The minimum absolute atomic E-state index is 0.0139. The zero-order valence-electron chi connectivity index (χ0n) is 16.7. The second-order valence-electron chi connectivity index (χ2n) is 7.03. The van der Waals surface area contributed by atoms with Crippen LogP contribution in [0, 0.1) is 0 Å². The van der Waals surface area contributed by atoms with Crippen molar-refractivity contribution in [1.82, 2.24) is 0 Å². The van der Waals surface area contributed by atoms with Gasteiger partial charge >= 0.3 is 0 Å². The van der Waals surface area contributed by atoms with Crippen LogP contribution in [0.15, 0.2) is 84.9 Å². The molecule has 0 aromatic heterocycles. The highest BCUT2D eigenvalue weighted by molar-refractivity contribution is 5.37. The summed E-state index contributed by atoms with van der Waals surface area (Å²) in [7, 11) is 1.62. The minimum Gasteiger partial charge on any atom is -0.497 e. The first-order valence-corrected chi connectivity index (χ1v) is 9.82. The molecular formula is C25H28O4. The molecule has 152 valence electrons. The zero-order valence-corrected chi connectivity index (χ0v) is 16.7. The highest BCUT2D eigenvalue weighted by Crippen LogP contribution is 2.43. The van der Waals surface area contributed by atoms with E-state index < -0.39 is 5.60 Å². The third-order valence-corrected chi connectivity index (χ3v) is 5.32. The second-order valence-corrected chi connectivity index (χ2v) is 7.03. The quantitative estimate of drug-likeness (QED) is 0.541. The van der Waals surface area contributed by atoms with Crippen molar-refractivity contribution in [3.8, 4) is 5.75 Å². The summed E-state index contributed by atoms with van der Waals surface area (Å²) in [6, 6.07) is 27.4. The van der Waals surface area contributed by atoms with Crippen LogP contribution in [-0.4, -0.2) is 30.5 Å². The topological polar surface area (TPSA) is 58.9 Å². The summed E-state index contributed by atoms with van der Waals surface area (Å²) < 4.78 is 11.9. The molecule has 0 spiro atoms. The molecule has 0 fully saturated rings. The summed E-state index contributed by atoms with van der Waals surface area (Å²) in [5.41, 5.74) is 1.81. The van der Waals surface area contributed by atoms with Crippen LogP contribution >= 0.6 is 0 Å². The maximum Gasteiger partial charge on any atom is 0.123 e. The van der Waals surface area contributed by atoms with E-state index in [0.29, 0.717) is 18.8 Å². The molecule has 3 aromatic carbocycles. The van der Waals surface area contributed by atoms with Crippen LogP contribution in [0.25, 0.3) is 0 Å². The molecule has 0 aliphatic carbocycles. The van der Waals surface area contributed by atoms with Gasteiger partial charge in [-0.2, -0.15) is 0 Å². The number of ether oxygens (including phenoxy) is 2. The Bertz CT molecular complexity index is 866. The smallest absolute Gasteiger partial charge is 0.123 e. The number of hydrogen-bond donors (Lipinski definition) is 2. The summed E-state index contributed by atoms with van der Waals surface area (Å²) in [5, 5.41) is 20.5. The Hall–Kier alpha value is -2.66. The number of aliphatic hydroxyl groups excluding tert-OH is 2. The summed E-state index contributed by atoms with van der Waals surface area (Å²) in [6.07, 6.45) is 0.455. The third kappa shape index (κ3) is 4.85. The van der Waals surface area contributed by atoms with Crippen LogP contribution in [0.1, 0.15) is 29.0 Å². The Morgan fingerprint density at radius 2 is 1.55 bits per heavy atom. The Balaban J connectivity index is 2.09. The lowest BCUT2D eigenvalue weighted by atomic mass is 9.75. The SMILES string of the molecule is COc1cccc([C@@](CO)(OCc2ccccc2)[C@@H](CCO)c2ccccc2)c1. The highest BCUT2D eigenvalue weighted by Gasteiger charge is 2.42. The van der Waals surface area contributed by atoms with Gasteiger partial charge < -0.3 is 19.7 Å². The minimum atomic E-state index is -1.03. The molecule has 0 radical (unpaired) electrons. The first-order chi connectivity index (χ1) is 14.2. The Kier molecular flexibility index (Phi) is 7.42. The summed E-state index contributed by atoms with van der Waals surface area (Å²) >= 11 is 0. The van der Waals surface area contributed by atoms with E-state index in [9.17, 15) is 10.2 Å². The largest absolute Gasteiger partial charge is 0.497 e. The Morgan fingerprint density at radius 1 is 0.862 bits per heavy atom. The van der Waals surface area contributed by atoms with Crippen molar-refractivity contribution < 1.29 is 19.7 Å². The third-order valence-electron chi connectivity index (χ3n) is 5.32. The molecule has 4 nitrogen and oxygen atoms in total. The van der Waals surface area contributed by atoms with Crippen LogP contribution in [0.5, 0.6) is 5.75 Å². The van der Waals surface area contributed by atoms with E-state index in [1.807, 2.05) is 84.9 Å². The fourth-order valence-corrected chi connectivity index (χ4v) is 3.79. The van der Waals surface area contributed by atoms with Crippen molar-refractivity contribution in [2.45, 2.75) is 24.5 Å². The van der Waals surface area contributed by atoms with Crippen molar-refractivity contribution in [3.63, 3.8) is 0 Å². The van der Waals surface area contributed by atoms with Gasteiger partial charge in [-0.3, -0.25) is 0 Å². The van der Waals surface area contributed by atoms with Crippen LogP contribution < -0.4 is 4.74 Å². The molecule has 0 amide bonds. The van der Waals surface area contributed by atoms with Gasteiger partial charge in [0.15, 0.2) is 0 Å². The monoisotopic (exact) mass is 392 g/mol. The molecular weight excluding hydrogens is 364 g/mol. The van der Waals surface area contributed by atoms with Crippen molar-refractivity contribution in [1.29, 1.82) is 0 Å². The first-order valence-electron chi connectivity index (χ1n) is 9.82. The predicted octanol–water partition coefficient (Wildman–Crippen LogP) is 4.27. The number of benzene rings is 3. The first kappa shape index (κ1) is 21.1. The molecule has 3 rings (SSSR count). The van der Waals surface area contributed by atoms with Crippen molar-refractivity contribution in [2.75, 3.05) is 20.3 Å². The number of aliphatic hydroxyl groups is 2. The van der Waals surface area contributed by atoms with Crippen LogP contribution in [0.4, 0.5) is 0 Å². The molecule has 3 aromatic rings. The molecule has 0 aliphatic heterocycles. The molecule has 0 saturated carbocycles. The van der Waals surface area contributed by atoms with E-state index >= 15 is 0 Å². The van der Waals surface area contributed by atoms with E-state index in [2.05, 4.69) is 0 Å². The Labute approximate surface area is 172 Å². The molecule has 29 heavy (non-hydrogen) atoms. The van der Waals surface area contributed by atoms with E-state index in [0.717, 1.165) is 16.7 Å². The summed E-state index contributed by atoms with van der Waals surface area (Å²) in [6.45, 7) is 0.0971. The second kappa shape index (κ2) is 10.2. The average Bonchev–Trinajstić information content (AvgIpc) is 2.80. The maximum absolute atomic E-state index is 10.7. The van der Waals surface area contributed by atoms with E-state index in [1.165, 1.54) is 0 Å². The highest BCUT2D eigenvalue weighted by atomic mass is 16.5.